The molecular formula is C84H68N2. The fourth-order valence-electron chi connectivity index (χ4n) is 13.9. The lowest BCUT2D eigenvalue weighted by Crippen LogP contribution is -2.26. The molecule has 86 heavy (non-hydrogen) atoms. The van der Waals surface area contributed by atoms with Crippen LogP contribution in [0.15, 0.2) is 297 Å². The van der Waals surface area contributed by atoms with Crippen LogP contribution in [0.4, 0.5) is 34.1 Å². The second-order valence-electron chi connectivity index (χ2n) is 23.4. The molecule has 0 fully saturated rings. The van der Waals surface area contributed by atoms with Crippen molar-refractivity contribution in [1.82, 2.24) is 0 Å². The Balaban J connectivity index is 0.876. The van der Waals surface area contributed by atoms with E-state index in [4.69, 9.17) is 0 Å². The van der Waals surface area contributed by atoms with Crippen LogP contribution in [0, 0.1) is 20.8 Å². The summed E-state index contributed by atoms with van der Waals surface area (Å²) in [4.78, 5) is 4.93. The van der Waals surface area contributed by atoms with Crippen molar-refractivity contribution in [2.45, 2.75) is 52.9 Å². The summed E-state index contributed by atoms with van der Waals surface area (Å²) in [5.74, 6) is 0. The highest BCUT2D eigenvalue weighted by Gasteiger charge is 2.32. The van der Waals surface area contributed by atoms with Crippen molar-refractivity contribution in [3.63, 3.8) is 0 Å². The summed E-state index contributed by atoms with van der Waals surface area (Å²) in [6.45, 7) is 11.4. The molecule has 0 aliphatic rings. The molecule has 0 atom stereocenters. The van der Waals surface area contributed by atoms with E-state index in [1.54, 1.807) is 0 Å². The molecule has 0 saturated heterocycles. The lowest BCUT2D eigenvalue weighted by atomic mass is 9.70. The smallest absolute Gasteiger partial charge is 0.0470 e. The van der Waals surface area contributed by atoms with Crippen molar-refractivity contribution in [2.75, 3.05) is 9.80 Å². The highest BCUT2D eigenvalue weighted by atomic mass is 15.1. The number of fused-ring (bicyclic) bond motifs is 4. The number of nitrogens with zero attached hydrogens (tertiary/aromatic N) is 2. The third-order valence-electron chi connectivity index (χ3n) is 18.0. The number of hydrogen-bond donors (Lipinski definition) is 0. The third-order valence-corrected chi connectivity index (χ3v) is 18.0. The van der Waals surface area contributed by atoms with Crippen LogP contribution in [0.2, 0.25) is 0 Å². The van der Waals surface area contributed by atoms with E-state index in [1.807, 2.05) is 0 Å². The molecule has 0 aliphatic carbocycles. The number of hydrogen-bond acceptors (Lipinski definition) is 2. The van der Waals surface area contributed by atoms with Crippen molar-refractivity contribution in [3.05, 3.63) is 325 Å². The number of aryl methyl sites for hydroxylation is 3. The Labute approximate surface area is 506 Å². The summed E-state index contributed by atoms with van der Waals surface area (Å²) in [6, 6.07) is 111. The fraction of sp³-hybridized carbons (Fsp3) is 0.0952. The predicted octanol–water partition coefficient (Wildman–Crippen LogP) is 23.9. The summed E-state index contributed by atoms with van der Waals surface area (Å²) < 4.78 is 0. The van der Waals surface area contributed by atoms with E-state index < -0.39 is 0 Å². The first kappa shape index (κ1) is 53.7. The van der Waals surface area contributed by atoms with Gasteiger partial charge >= 0.3 is 0 Å². The summed E-state index contributed by atoms with van der Waals surface area (Å²) in [6.07, 6.45) is 1.88. The Morgan fingerprint density at radius 3 is 0.884 bits per heavy atom. The van der Waals surface area contributed by atoms with Gasteiger partial charge in [0, 0.05) is 39.5 Å². The first-order chi connectivity index (χ1) is 42.2. The van der Waals surface area contributed by atoms with Gasteiger partial charge in [-0.2, -0.15) is 0 Å². The second-order valence-corrected chi connectivity index (χ2v) is 23.4. The van der Waals surface area contributed by atoms with E-state index in [2.05, 4.69) is 342 Å². The average molecular weight is 1110 g/mol. The van der Waals surface area contributed by atoms with Crippen LogP contribution in [0.3, 0.4) is 0 Å². The third kappa shape index (κ3) is 9.97. The van der Waals surface area contributed by atoms with E-state index in [9.17, 15) is 0 Å². The quantitative estimate of drug-likeness (QED) is 0.107. The molecule has 2 nitrogen and oxygen atoms in total. The maximum atomic E-state index is 2.47. The van der Waals surface area contributed by atoms with Gasteiger partial charge in [-0.3, -0.25) is 0 Å². The van der Waals surface area contributed by atoms with Gasteiger partial charge in [-0.05, 0) is 222 Å². The molecule has 0 aromatic heterocycles. The summed E-state index contributed by atoms with van der Waals surface area (Å²) in [7, 11) is 0. The van der Waals surface area contributed by atoms with Crippen molar-refractivity contribution >= 4 is 77.2 Å². The summed E-state index contributed by atoms with van der Waals surface area (Å²) >= 11 is 0. The first-order valence-corrected chi connectivity index (χ1v) is 30.4. The molecule has 0 unspecified atom stereocenters. The highest BCUT2D eigenvalue weighted by Crippen LogP contribution is 2.47. The molecule has 14 rings (SSSR count). The predicted molar refractivity (Wildman–Crippen MR) is 370 cm³/mol. The Morgan fingerprint density at radius 1 is 0.244 bits per heavy atom. The van der Waals surface area contributed by atoms with Gasteiger partial charge in [0.2, 0.25) is 0 Å². The van der Waals surface area contributed by atoms with Gasteiger partial charge in [-0.15, -0.1) is 0 Å². The molecule has 0 saturated carbocycles. The minimum Gasteiger partial charge on any atom is -0.310 e. The molecule has 0 radical (unpaired) electrons. The maximum Gasteiger partial charge on any atom is 0.0470 e. The van der Waals surface area contributed by atoms with E-state index in [0.29, 0.717) is 0 Å². The molecule has 0 bridgehead atoms. The van der Waals surface area contributed by atoms with Crippen LogP contribution in [0.25, 0.3) is 87.6 Å². The minimum absolute atomic E-state index is 0.248. The molecular weight excluding hydrogens is 1040 g/mol. The standard InChI is InChI=1S/C84H68N2/c1-6-84(7-2,68-39-43-70(44-40-68)85(72-30-16-29-64(53-72)80-35-17-25-60-21-8-12-31-76(60)80)73-50-57(3)47-65(54-73)81-36-18-26-61-22-9-13-32-77(61)81)69-41-45-71(46-42-69)86(74-51-58(4)48-66(55-74)82-37-19-27-62-23-10-14-33-78(62)82)75-52-59(5)49-67(56-75)83-38-20-28-63-24-11-15-34-79(63)83/h8-56H,6-7H2,1-5H3. The Morgan fingerprint density at radius 2 is 0.535 bits per heavy atom. The van der Waals surface area contributed by atoms with Crippen molar-refractivity contribution in [1.29, 1.82) is 0 Å². The van der Waals surface area contributed by atoms with Gasteiger partial charge in [0.05, 0.1) is 0 Å². The molecule has 0 spiro atoms. The Bertz CT molecular complexity index is 4680. The van der Waals surface area contributed by atoms with Crippen molar-refractivity contribution < 1.29 is 0 Å². The average Bonchev–Trinajstić information content (AvgIpc) is 1.46. The van der Waals surface area contributed by atoms with Gasteiger partial charge in [0.25, 0.3) is 0 Å². The van der Waals surface area contributed by atoms with Gasteiger partial charge in [0.15, 0.2) is 0 Å². The van der Waals surface area contributed by atoms with Crippen LogP contribution in [-0.2, 0) is 5.41 Å². The summed E-state index contributed by atoms with van der Waals surface area (Å²) in [5.41, 5.74) is 22.3. The van der Waals surface area contributed by atoms with Gasteiger partial charge in [-0.1, -0.05) is 238 Å². The van der Waals surface area contributed by atoms with Crippen LogP contribution >= 0.6 is 0 Å². The lowest BCUT2D eigenvalue weighted by Gasteiger charge is -2.35. The van der Waals surface area contributed by atoms with Crippen LogP contribution in [0.5, 0.6) is 0 Å². The zero-order valence-electron chi connectivity index (χ0n) is 49.6. The second kappa shape index (κ2) is 22.7. The van der Waals surface area contributed by atoms with Crippen LogP contribution in [0.1, 0.15) is 54.5 Å². The minimum atomic E-state index is -0.248. The molecule has 0 aliphatic heterocycles. The zero-order chi connectivity index (χ0) is 58.3. The first-order valence-electron chi connectivity index (χ1n) is 30.4. The molecule has 14 aromatic rings. The zero-order valence-corrected chi connectivity index (χ0v) is 49.6. The highest BCUT2D eigenvalue weighted by molar-refractivity contribution is 6.02. The fourth-order valence-corrected chi connectivity index (χ4v) is 13.9. The Kier molecular flexibility index (Phi) is 14.2. The van der Waals surface area contributed by atoms with Gasteiger partial charge in [-0.25, -0.2) is 0 Å². The van der Waals surface area contributed by atoms with Gasteiger partial charge in [0.1, 0.15) is 0 Å². The van der Waals surface area contributed by atoms with E-state index in [0.717, 1.165) is 47.0 Å². The number of benzene rings is 14. The molecule has 14 aromatic carbocycles. The van der Waals surface area contributed by atoms with Gasteiger partial charge < -0.3 is 9.80 Å². The lowest BCUT2D eigenvalue weighted by molar-refractivity contribution is 0.478. The Hall–Kier alpha value is -10.3. The molecule has 0 N–H and O–H groups in total. The molecule has 414 valence electrons. The van der Waals surface area contributed by atoms with Crippen molar-refractivity contribution in [2.24, 2.45) is 0 Å². The van der Waals surface area contributed by atoms with E-state index in [-0.39, 0.29) is 5.41 Å². The van der Waals surface area contributed by atoms with E-state index >= 15 is 0 Å². The number of anilines is 6. The summed E-state index contributed by atoms with van der Waals surface area (Å²) in [5, 5.41) is 9.94. The SMILES string of the molecule is CCC(CC)(c1ccc(N(c2cccc(-c3cccc4ccccc34)c2)c2cc(C)cc(-c3cccc4ccccc34)c2)cc1)c1ccc(N(c2cc(C)cc(-c3cccc4ccccc34)c2)c2cc(C)cc(-c3cccc4ccccc34)c2)cc1. The topological polar surface area (TPSA) is 6.48 Å². The van der Waals surface area contributed by atoms with Crippen LogP contribution in [-0.4, -0.2) is 0 Å². The van der Waals surface area contributed by atoms with Crippen LogP contribution < -0.4 is 9.80 Å². The largest absolute Gasteiger partial charge is 0.310 e. The monoisotopic (exact) mass is 1100 g/mol. The maximum absolute atomic E-state index is 2.47. The molecule has 0 amide bonds. The number of rotatable bonds is 14. The molecule has 0 heterocycles. The van der Waals surface area contributed by atoms with Crippen molar-refractivity contribution in [3.8, 4) is 44.5 Å². The normalized spacial score (nSPS) is 11.6. The molecule has 2 heteroatoms. The van der Waals surface area contributed by atoms with E-state index in [1.165, 1.54) is 115 Å².